The molecule has 0 saturated heterocycles. The first-order valence-corrected chi connectivity index (χ1v) is 5.36. The highest BCUT2D eigenvalue weighted by atomic mass is 16.4. The first kappa shape index (κ1) is 10.5. The fourth-order valence-electron chi connectivity index (χ4n) is 1.90. The number of rotatable bonds is 2. The predicted molar refractivity (Wildman–Crippen MR) is 66.3 cm³/mol. The van der Waals surface area contributed by atoms with E-state index in [-0.39, 0.29) is 5.56 Å². The number of hydrogen-bond donors (Lipinski definition) is 2. The lowest BCUT2D eigenvalue weighted by molar-refractivity contribution is 0.0697. The number of carboxylic acid groups (broad SMARTS) is 1. The van der Waals surface area contributed by atoms with E-state index in [1.54, 1.807) is 36.9 Å². The number of carboxylic acids is 1. The van der Waals surface area contributed by atoms with Gasteiger partial charge in [0.05, 0.1) is 29.1 Å². The lowest BCUT2D eigenvalue weighted by Gasteiger charge is -2.03. The van der Waals surface area contributed by atoms with E-state index in [0.717, 1.165) is 22.2 Å². The summed E-state index contributed by atoms with van der Waals surface area (Å²) in [6.45, 7) is 0. The van der Waals surface area contributed by atoms with Crippen LogP contribution in [0.15, 0.2) is 43.0 Å². The Hall–Kier alpha value is -2.69. The maximum absolute atomic E-state index is 11.0. The molecule has 0 unspecified atom stereocenters. The van der Waals surface area contributed by atoms with Crippen molar-refractivity contribution in [3.63, 3.8) is 0 Å². The van der Waals surface area contributed by atoms with Crippen molar-refractivity contribution >= 4 is 17.0 Å². The minimum atomic E-state index is -0.945. The zero-order chi connectivity index (χ0) is 12.5. The fraction of sp³-hybridized carbons (Fsp3) is 0. The van der Waals surface area contributed by atoms with Crippen LogP contribution >= 0.6 is 0 Å². The van der Waals surface area contributed by atoms with E-state index < -0.39 is 5.97 Å². The number of carbonyl (C=O) groups is 1. The van der Waals surface area contributed by atoms with Gasteiger partial charge in [-0.25, -0.2) is 9.78 Å². The molecule has 3 rings (SSSR count). The standard InChI is InChI=1S/C13H9N3O2/c17-13(18)9-3-1-2-8(4-9)10-5-14-6-11-12(10)16-7-15-11/h1-7H,(H,15,16)(H,17,18). The van der Waals surface area contributed by atoms with E-state index in [1.165, 1.54) is 0 Å². The highest BCUT2D eigenvalue weighted by Gasteiger charge is 2.09. The topological polar surface area (TPSA) is 78.9 Å². The second kappa shape index (κ2) is 3.96. The summed E-state index contributed by atoms with van der Waals surface area (Å²) in [7, 11) is 0. The van der Waals surface area contributed by atoms with Crippen molar-refractivity contribution < 1.29 is 9.90 Å². The third-order valence-corrected chi connectivity index (χ3v) is 2.75. The highest BCUT2D eigenvalue weighted by molar-refractivity contribution is 5.94. The molecule has 0 saturated carbocycles. The molecular formula is C13H9N3O2. The minimum absolute atomic E-state index is 0.250. The molecule has 0 radical (unpaired) electrons. The summed E-state index contributed by atoms with van der Waals surface area (Å²) in [6, 6.07) is 6.74. The van der Waals surface area contributed by atoms with Gasteiger partial charge in [-0.15, -0.1) is 0 Å². The number of aromatic carboxylic acids is 1. The Balaban J connectivity index is 2.23. The first-order chi connectivity index (χ1) is 8.75. The zero-order valence-corrected chi connectivity index (χ0v) is 9.29. The van der Waals surface area contributed by atoms with Gasteiger partial charge in [0.25, 0.3) is 0 Å². The smallest absolute Gasteiger partial charge is 0.335 e. The van der Waals surface area contributed by atoms with Crippen LogP contribution in [0.1, 0.15) is 10.4 Å². The number of benzene rings is 1. The monoisotopic (exact) mass is 239 g/mol. The minimum Gasteiger partial charge on any atom is -0.478 e. The van der Waals surface area contributed by atoms with Crippen LogP contribution in [0.5, 0.6) is 0 Å². The number of aromatic amines is 1. The van der Waals surface area contributed by atoms with Crippen molar-refractivity contribution in [2.75, 3.05) is 0 Å². The molecule has 2 aromatic heterocycles. The number of hydrogen-bond acceptors (Lipinski definition) is 3. The molecule has 0 spiro atoms. The lowest BCUT2D eigenvalue weighted by Crippen LogP contribution is -1.96. The van der Waals surface area contributed by atoms with Crippen molar-refractivity contribution in [3.8, 4) is 11.1 Å². The lowest BCUT2D eigenvalue weighted by atomic mass is 10.0. The third kappa shape index (κ3) is 1.62. The molecule has 0 atom stereocenters. The maximum Gasteiger partial charge on any atom is 0.335 e. The summed E-state index contributed by atoms with van der Waals surface area (Å²) in [6.07, 6.45) is 4.97. The number of H-pyrrole nitrogens is 1. The summed E-state index contributed by atoms with van der Waals surface area (Å²) in [5.41, 5.74) is 3.47. The van der Waals surface area contributed by atoms with E-state index >= 15 is 0 Å². The summed E-state index contributed by atoms with van der Waals surface area (Å²) in [5, 5.41) is 8.99. The molecule has 0 fully saturated rings. The van der Waals surface area contributed by atoms with Crippen LogP contribution in [-0.2, 0) is 0 Å². The van der Waals surface area contributed by atoms with Gasteiger partial charge in [0.2, 0.25) is 0 Å². The average Bonchev–Trinajstić information content (AvgIpc) is 2.87. The van der Waals surface area contributed by atoms with Crippen molar-refractivity contribution in [2.24, 2.45) is 0 Å². The molecule has 0 aliphatic carbocycles. The van der Waals surface area contributed by atoms with Crippen molar-refractivity contribution in [1.29, 1.82) is 0 Å². The van der Waals surface area contributed by atoms with Crippen LogP contribution in [0.25, 0.3) is 22.2 Å². The van der Waals surface area contributed by atoms with Gasteiger partial charge in [-0.2, -0.15) is 0 Å². The molecule has 18 heavy (non-hydrogen) atoms. The van der Waals surface area contributed by atoms with Gasteiger partial charge in [-0.05, 0) is 17.7 Å². The SMILES string of the molecule is O=C(O)c1cccc(-c2cncc3[nH]cnc23)c1. The van der Waals surface area contributed by atoms with Gasteiger partial charge in [-0.1, -0.05) is 12.1 Å². The zero-order valence-electron chi connectivity index (χ0n) is 9.29. The van der Waals surface area contributed by atoms with E-state index in [9.17, 15) is 4.79 Å². The van der Waals surface area contributed by atoms with Crippen LogP contribution < -0.4 is 0 Å². The van der Waals surface area contributed by atoms with Gasteiger partial charge in [0.1, 0.15) is 0 Å². The van der Waals surface area contributed by atoms with Crippen molar-refractivity contribution in [2.45, 2.75) is 0 Å². The largest absolute Gasteiger partial charge is 0.478 e. The van der Waals surface area contributed by atoms with Crippen LogP contribution in [-0.4, -0.2) is 26.0 Å². The summed E-state index contributed by atoms with van der Waals surface area (Å²) in [4.78, 5) is 22.3. The van der Waals surface area contributed by atoms with Gasteiger partial charge in [0, 0.05) is 11.8 Å². The Morgan fingerprint density at radius 1 is 1.28 bits per heavy atom. The third-order valence-electron chi connectivity index (χ3n) is 2.75. The number of fused-ring (bicyclic) bond motifs is 1. The van der Waals surface area contributed by atoms with Gasteiger partial charge < -0.3 is 10.1 Å². The predicted octanol–water partition coefficient (Wildman–Crippen LogP) is 2.32. The van der Waals surface area contributed by atoms with E-state index in [2.05, 4.69) is 15.0 Å². The molecule has 88 valence electrons. The molecule has 2 heterocycles. The van der Waals surface area contributed by atoms with Crippen molar-refractivity contribution in [3.05, 3.63) is 48.5 Å². The highest BCUT2D eigenvalue weighted by Crippen LogP contribution is 2.25. The number of nitrogens with zero attached hydrogens (tertiary/aromatic N) is 2. The average molecular weight is 239 g/mol. The summed E-state index contributed by atoms with van der Waals surface area (Å²) < 4.78 is 0. The second-order valence-electron chi connectivity index (χ2n) is 3.87. The normalized spacial score (nSPS) is 10.7. The van der Waals surface area contributed by atoms with Gasteiger partial charge in [0.15, 0.2) is 0 Å². The molecule has 0 aliphatic heterocycles. The van der Waals surface area contributed by atoms with Crippen LogP contribution in [0.3, 0.4) is 0 Å². The molecule has 0 aliphatic rings. The Bertz CT molecular complexity index is 734. The van der Waals surface area contributed by atoms with Gasteiger partial charge in [-0.3, -0.25) is 4.98 Å². The summed E-state index contributed by atoms with van der Waals surface area (Å²) in [5.74, 6) is -0.945. The molecule has 2 N–H and O–H groups in total. The van der Waals surface area contributed by atoms with Gasteiger partial charge >= 0.3 is 5.97 Å². The Morgan fingerprint density at radius 3 is 3.00 bits per heavy atom. The van der Waals surface area contributed by atoms with E-state index in [4.69, 9.17) is 5.11 Å². The Morgan fingerprint density at radius 2 is 2.17 bits per heavy atom. The fourth-order valence-corrected chi connectivity index (χ4v) is 1.90. The first-order valence-electron chi connectivity index (χ1n) is 5.36. The Kier molecular flexibility index (Phi) is 2.30. The second-order valence-corrected chi connectivity index (χ2v) is 3.87. The summed E-state index contributed by atoms with van der Waals surface area (Å²) >= 11 is 0. The molecular weight excluding hydrogens is 230 g/mol. The number of imidazole rings is 1. The maximum atomic E-state index is 11.0. The van der Waals surface area contributed by atoms with Crippen LogP contribution in [0.2, 0.25) is 0 Å². The quantitative estimate of drug-likeness (QED) is 0.719. The molecule has 0 bridgehead atoms. The number of nitrogens with one attached hydrogen (secondary N) is 1. The Labute approximate surface area is 102 Å². The molecule has 5 heteroatoms. The molecule has 1 aromatic carbocycles. The van der Waals surface area contributed by atoms with E-state index in [1.807, 2.05) is 6.07 Å². The molecule has 5 nitrogen and oxygen atoms in total. The number of aromatic nitrogens is 3. The van der Waals surface area contributed by atoms with Crippen LogP contribution in [0.4, 0.5) is 0 Å². The molecule has 0 amide bonds. The number of pyridine rings is 1. The van der Waals surface area contributed by atoms with Crippen LogP contribution in [0, 0.1) is 0 Å². The van der Waals surface area contributed by atoms with E-state index in [0.29, 0.717) is 0 Å². The van der Waals surface area contributed by atoms with Crippen molar-refractivity contribution in [1.82, 2.24) is 15.0 Å². The molecule has 3 aromatic rings.